The highest BCUT2D eigenvalue weighted by Gasteiger charge is 2.35. The van der Waals surface area contributed by atoms with Crippen molar-refractivity contribution >= 4 is 16.8 Å². The molecule has 6 nitrogen and oxygen atoms in total. The second kappa shape index (κ2) is 6.63. The third-order valence-electron chi connectivity index (χ3n) is 5.18. The molecule has 4 rings (SSSR count). The lowest BCUT2D eigenvalue weighted by atomic mass is 9.89. The number of amides is 1. The average molecular weight is 385 g/mol. The lowest BCUT2D eigenvalue weighted by molar-refractivity contribution is -0.128. The maximum absolute atomic E-state index is 15.4. The number of hydrogen-bond donors (Lipinski definition) is 1. The Labute approximate surface area is 161 Å². The van der Waals surface area contributed by atoms with Gasteiger partial charge in [0.25, 0.3) is 0 Å². The van der Waals surface area contributed by atoms with Crippen molar-refractivity contribution in [1.82, 2.24) is 19.7 Å². The number of pyridine rings is 1. The number of carbonyl (C=O) groups is 1. The fourth-order valence-corrected chi connectivity index (χ4v) is 3.80. The minimum absolute atomic E-state index is 0.0428. The number of nitrogens with zero attached hydrogens (tertiary/aromatic N) is 4. The number of likely N-dealkylation sites (tertiary alicyclic amines) is 1. The first-order valence-electron chi connectivity index (χ1n) is 9.10. The second-order valence-corrected chi connectivity index (χ2v) is 7.58. The molecule has 1 fully saturated rings. The van der Waals surface area contributed by atoms with Gasteiger partial charge in [-0.25, -0.2) is 8.78 Å². The summed E-state index contributed by atoms with van der Waals surface area (Å²) in [6.45, 7) is 2.15. The van der Waals surface area contributed by atoms with Crippen molar-refractivity contribution in [3.05, 3.63) is 47.9 Å². The molecule has 8 heteroatoms. The van der Waals surface area contributed by atoms with Gasteiger partial charge in [-0.15, -0.1) is 0 Å². The Morgan fingerprint density at radius 3 is 2.68 bits per heavy atom. The van der Waals surface area contributed by atoms with Crippen LogP contribution in [0, 0.1) is 11.6 Å². The first-order chi connectivity index (χ1) is 13.3. The molecule has 2 aromatic heterocycles. The van der Waals surface area contributed by atoms with Crippen LogP contribution in [0.25, 0.3) is 22.0 Å². The molecule has 1 aromatic carbocycles. The lowest BCUT2D eigenvalue weighted by Crippen LogP contribution is -2.47. The van der Waals surface area contributed by atoms with Crippen LogP contribution in [0.2, 0.25) is 0 Å². The number of aromatic nitrogens is 3. The summed E-state index contributed by atoms with van der Waals surface area (Å²) in [5, 5.41) is 4.29. The van der Waals surface area contributed by atoms with E-state index >= 15 is 4.39 Å². The summed E-state index contributed by atoms with van der Waals surface area (Å²) in [6, 6.07) is 2.81. The van der Waals surface area contributed by atoms with Gasteiger partial charge in [0.15, 0.2) is 0 Å². The maximum Gasteiger partial charge on any atom is 0.222 e. The summed E-state index contributed by atoms with van der Waals surface area (Å²) >= 11 is 0. The van der Waals surface area contributed by atoms with Crippen molar-refractivity contribution in [3.63, 3.8) is 0 Å². The van der Waals surface area contributed by atoms with Gasteiger partial charge in [0.1, 0.15) is 11.6 Å². The molecule has 3 aromatic rings. The predicted molar refractivity (Wildman–Crippen MR) is 101 cm³/mol. The highest BCUT2D eigenvalue weighted by molar-refractivity contribution is 5.85. The van der Waals surface area contributed by atoms with Gasteiger partial charge in [0.2, 0.25) is 5.91 Å². The number of benzene rings is 1. The van der Waals surface area contributed by atoms with E-state index in [1.165, 1.54) is 6.07 Å². The number of halogens is 2. The van der Waals surface area contributed by atoms with Crippen LogP contribution in [0.15, 0.2) is 30.7 Å². The third-order valence-corrected chi connectivity index (χ3v) is 5.18. The molecule has 28 heavy (non-hydrogen) atoms. The zero-order valence-corrected chi connectivity index (χ0v) is 15.7. The molecule has 1 aliphatic heterocycles. The Hall–Kier alpha value is -2.87. The number of hydrogen-bond acceptors (Lipinski definition) is 4. The first kappa shape index (κ1) is 18.5. The van der Waals surface area contributed by atoms with Gasteiger partial charge in [0, 0.05) is 67.1 Å². The number of rotatable bonds is 4. The Morgan fingerprint density at radius 1 is 1.25 bits per heavy atom. The average Bonchev–Trinajstić information content (AvgIpc) is 3.23. The topological polar surface area (TPSA) is 77.0 Å². The number of fused-ring (bicyclic) bond motifs is 1. The van der Waals surface area contributed by atoms with E-state index in [-0.39, 0.29) is 28.9 Å². The standard InChI is InChI=1S/C20H21F2N5O/c1-20(23,11-27-5-3-4-17(27)28)18-15(21)7-16-14(19(18)22)6-12(8-24-16)13-9-25-26(2)10-13/h6-10H,3-5,11,23H2,1-2H3. The van der Waals surface area contributed by atoms with E-state index in [4.69, 9.17) is 5.73 Å². The molecule has 3 heterocycles. The van der Waals surface area contributed by atoms with Crippen LogP contribution in [0.3, 0.4) is 0 Å². The van der Waals surface area contributed by atoms with Crippen molar-refractivity contribution in [2.24, 2.45) is 12.8 Å². The zero-order valence-electron chi connectivity index (χ0n) is 15.7. The van der Waals surface area contributed by atoms with Crippen LogP contribution in [0.5, 0.6) is 0 Å². The van der Waals surface area contributed by atoms with Crippen LogP contribution in [0.1, 0.15) is 25.3 Å². The monoisotopic (exact) mass is 385 g/mol. The molecule has 1 saturated heterocycles. The van der Waals surface area contributed by atoms with E-state index in [9.17, 15) is 9.18 Å². The maximum atomic E-state index is 15.4. The summed E-state index contributed by atoms with van der Waals surface area (Å²) in [5.74, 6) is -1.55. The number of aryl methyl sites for hydroxylation is 1. The van der Waals surface area contributed by atoms with Crippen molar-refractivity contribution in [1.29, 1.82) is 0 Å². The summed E-state index contributed by atoms with van der Waals surface area (Å²) in [6.07, 6.45) is 6.17. The summed E-state index contributed by atoms with van der Waals surface area (Å²) in [7, 11) is 1.78. The quantitative estimate of drug-likeness (QED) is 0.749. The van der Waals surface area contributed by atoms with Crippen molar-refractivity contribution in [2.45, 2.75) is 25.3 Å². The molecule has 1 atom stereocenters. The van der Waals surface area contributed by atoms with Gasteiger partial charge in [-0.2, -0.15) is 5.10 Å². The highest BCUT2D eigenvalue weighted by Crippen LogP contribution is 2.33. The van der Waals surface area contributed by atoms with E-state index in [2.05, 4.69) is 10.1 Å². The van der Waals surface area contributed by atoms with E-state index in [1.807, 2.05) is 0 Å². The molecule has 0 saturated carbocycles. The third kappa shape index (κ3) is 3.13. The van der Waals surface area contributed by atoms with E-state index in [0.29, 0.717) is 18.5 Å². The van der Waals surface area contributed by atoms with Gasteiger partial charge in [-0.3, -0.25) is 14.5 Å². The van der Waals surface area contributed by atoms with E-state index < -0.39 is 17.2 Å². The minimum Gasteiger partial charge on any atom is -0.341 e. The number of nitrogens with two attached hydrogens (primary N) is 1. The normalized spacial score (nSPS) is 16.8. The Kier molecular flexibility index (Phi) is 4.38. The van der Waals surface area contributed by atoms with E-state index in [1.54, 1.807) is 48.2 Å². The van der Waals surface area contributed by atoms with Gasteiger partial charge in [-0.05, 0) is 19.4 Å². The van der Waals surface area contributed by atoms with Gasteiger partial charge >= 0.3 is 0 Å². The smallest absolute Gasteiger partial charge is 0.222 e. The highest BCUT2D eigenvalue weighted by atomic mass is 19.1. The van der Waals surface area contributed by atoms with Crippen LogP contribution in [-0.2, 0) is 17.4 Å². The van der Waals surface area contributed by atoms with Gasteiger partial charge in [0.05, 0.1) is 17.3 Å². The Morgan fingerprint density at radius 2 is 2.04 bits per heavy atom. The second-order valence-electron chi connectivity index (χ2n) is 7.58. The predicted octanol–water partition coefficient (Wildman–Crippen LogP) is 2.71. The minimum atomic E-state index is -1.37. The lowest BCUT2D eigenvalue weighted by Gasteiger charge is -2.31. The molecular weight excluding hydrogens is 364 g/mol. The molecule has 1 aliphatic rings. The molecule has 0 bridgehead atoms. The molecule has 1 unspecified atom stereocenters. The molecule has 0 aliphatic carbocycles. The fraction of sp³-hybridized carbons (Fsp3) is 0.350. The van der Waals surface area contributed by atoms with Crippen molar-refractivity contribution in [2.75, 3.05) is 13.1 Å². The van der Waals surface area contributed by atoms with E-state index in [0.717, 1.165) is 12.0 Å². The zero-order chi connectivity index (χ0) is 20.1. The van der Waals surface area contributed by atoms with Crippen LogP contribution in [0.4, 0.5) is 8.78 Å². The SMILES string of the molecule is Cn1cc(-c2cnc3cc(F)c(C(C)(N)CN4CCCC4=O)c(F)c3c2)cn1. The first-order valence-corrected chi connectivity index (χ1v) is 9.10. The Bertz CT molecular complexity index is 1080. The summed E-state index contributed by atoms with van der Waals surface area (Å²) < 4.78 is 31.8. The fourth-order valence-electron chi connectivity index (χ4n) is 3.80. The molecule has 146 valence electrons. The largest absolute Gasteiger partial charge is 0.341 e. The summed E-state index contributed by atoms with van der Waals surface area (Å²) in [5.41, 5.74) is 6.38. The molecule has 0 spiro atoms. The number of carbonyl (C=O) groups excluding carboxylic acids is 1. The Balaban J connectivity index is 1.80. The van der Waals surface area contributed by atoms with Crippen LogP contribution >= 0.6 is 0 Å². The molecule has 0 radical (unpaired) electrons. The van der Waals surface area contributed by atoms with Gasteiger partial charge in [-0.1, -0.05) is 0 Å². The molecular formula is C20H21F2N5O. The summed E-state index contributed by atoms with van der Waals surface area (Å²) in [4.78, 5) is 17.7. The van der Waals surface area contributed by atoms with Crippen LogP contribution < -0.4 is 5.73 Å². The molecule has 2 N–H and O–H groups in total. The molecule has 1 amide bonds. The van der Waals surface area contributed by atoms with Crippen LogP contribution in [-0.4, -0.2) is 38.7 Å². The van der Waals surface area contributed by atoms with Crippen molar-refractivity contribution in [3.8, 4) is 11.1 Å². The van der Waals surface area contributed by atoms with Gasteiger partial charge < -0.3 is 10.6 Å². The van der Waals surface area contributed by atoms with Crippen molar-refractivity contribution < 1.29 is 13.6 Å².